The third-order valence-corrected chi connectivity index (χ3v) is 5.75. The van der Waals surface area contributed by atoms with Gasteiger partial charge in [0, 0.05) is 17.5 Å². The first-order valence-corrected chi connectivity index (χ1v) is 10.3. The Hall–Kier alpha value is -2.86. The number of phenols is 2. The number of hydrogen-bond acceptors (Lipinski definition) is 3. The van der Waals surface area contributed by atoms with E-state index < -0.39 is 17.4 Å². The van der Waals surface area contributed by atoms with Gasteiger partial charge in [0.2, 0.25) is 0 Å². The lowest BCUT2D eigenvalue weighted by Gasteiger charge is -2.31. The van der Waals surface area contributed by atoms with Crippen molar-refractivity contribution in [3.05, 3.63) is 93.3 Å². The molecule has 2 aromatic carbocycles. The van der Waals surface area contributed by atoms with Crippen molar-refractivity contribution in [3.63, 3.8) is 0 Å². The monoisotopic (exact) mass is 473 g/mol. The zero-order chi connectivity index (χ0) is 22.0. The Kier molecular flexibility index (Phi) is 6.46. The van der Waals surface area contributed by atoms with E-state index in [9.17, 15) is 19.0 Å². The molecule has 2 N–H and O–H groups in total. The van der Waals surface area contributed by atoms with Crippen LogP contribution in [0.25, 0.3) is 11.3 Å². The third-order valence-electron chi connectivity index (χ3n) is 5.11. The molecule has 0 aliphatic carbocycles. The van der Waals surface area contributed by atoms with E-state index in [2.05, 4.69) is 15.9 Å². The summed E-state index contributed by atoms with van der Waals surface area (Å²) >= 11 is 3.24. The van der Waals surface area contributed by atoms with Crippen molar-refractivity contribution in [2.45, 2.75) is 27.2 Å². The fourth-order valence-corrected chi connectivity index (χ4v) is 3.74. The molecule has 3 rings (SSSR count). The van der Waals surface area contributed by atoms with E-state index in [1.807, 2.05) is 13.8 Å². The molecule has 156 valence electrons. The van der Waals surface area contributed by atoms with E-state index in [-0.39, 0.29) is 11.3 Å². The van der Waals surface area contributed by atoms with Crippen LogP contribution in [0.4, 0.5) is 8.78 Å². The predicted octanol–water partition coefficient (Wildman–Crippen LogP) is 7.10. The highest BCUT2D eigenvalue weighted by Gasteiger charge is 2.24. The van der Waals surface area contributed by atoms with Crippen LogP contribution in [0.2, 0.25) is 0 Å². The maximum Gasteiger partial charge on any atom is 0.165 e. The van der Waals surface area contributed by atoms with Gasteiger partial charge in [-0.1, -0.05) is 19.1 Å². The Balaban J connectivity index is 2.28. The van der Waals surface area contributed by atoms with Gasteiger partial charge < -0.3 is 15.1 Å². The number of nitrogens with zero attached hydrogens (tertiary/aromatic N) is 1. The topological polar surface area (TPSA) is 43.7 Å². The number of halogens is 3. The summed E-state index contributed by atoms with van der Waals surface area (Å²) in [5.74, 6) is -1.93. The van der Waals surface area contributed by atoms with Gasteiger partial charge in [-0.3, -0.25) is 0 Å². The molecule has 2 aromatic rings. The Labute approximate surface area is 183 Å². The molecule has 0 radical (unpaired) electrons. The van der Waals surface area contributed by atoms with Gasteiger partial charge in [-0.05, 0) is 83.8 Å². The summed E-state index contributed by atoms with van der Waals surface area (Å²) in [7, 11) is 0. The highest BCUT2D eigenvalue weighted by Crippen LogP contribution is 2.41. The lowest BCUT2D eigenvalue weighted by atomic mass is 9.98. The fraction of sp³-hybridized carbons (Fsp3) is 0.167. The molecule has 0 aromatic heterocycles. The smallest absolute Gasteiger partial charge is 0.165 e. The largest absolute Gasteiger partial charge is 0.506 e. The Morgan fingerprint density at radius 1 is 1.00 bits per heavy atom. The molecule has 0 amide bonds. The van der Waals surface area contributed by atoms with Crippen LogP contribution in [0.5, 0.6) is 11.5 Å². The van der Waals surface area contributed by atoms with Crippen molar-refractivity contribution in [1.29, 1.82) is 0 Å². The molecule has 0 saturated heterocycles. The van der Waals surface area contributed by atoms with Crippen LogP contribution < -0.4 is 0 Å². The van der Waals surface area contributed by atoms with Gasteiger partial charge in [-0.15, -0.1) is 0 Å². The van der Waals surface area contributed by atoms with Gasteiger partial charge in [0.05, 0.1) is 15.7 Å². The van der Waals surface area contributed by atoms with E-state index in [1.54, 1.807) is 42.3 Å². The molecule has 6 heteroatoms. The van der Waals surface area contributed by atoms with Gasteiger partial charge in [-0.2, -0.15) is 0 Å². The molecular formula is C24H22BrF2NO2. The predicted molar refractivity (Wildman–Crippen MR) is 119 cm³/mol. The van der Waals surface area contributed by atoms with Crippen molar-refractivity contribution < 1.29 is 19.0 Å². The molecule has 0 spiro atoms. The Morgan fingerprint density at radius 3 is 2.43 bits per heavy atom. The van der Waals surface area contributed by atoms with Gasteiger partial charge in [0.25, 0.3) is 0 Å². The summed E-state index contributed by atoms with van der Waals surface area (Å²) in [5, 5.41) is 20.9. The van der Waals surface area contributed by atoms with Crippen molar-refractivity contribution >= 4 is 27.2 Å². The molecule has 1 aliphatic heterocycles. The Bertz CT molecular complexity index is 1120. The van der Waals surface area contributed by atoms with Gasteiger partial charge in [0.15, 0.2) is 11.6 Å². The van der Waals surface area contributed by atoms with Crippen molar-refractivity contribution in [1.82, 2.24) is 4.90 Å². The average molecular weight is 474 g/mol. The van der Waals surface area contributed by atoms with Crippen molar-refractivity contribution in [2.24, 2.45) is 0 Å². The zero-order valence-electron chi connectivity index (χ0n) is 16.9. The van der Waals surface area contributed by atoms with Crippen LogP contribution in [0.3, 0.4) is 0 Å². The number of para-hydroxylation sites is 1. The van der Waals surface area contributed by atoms with Crippen LogP contribution >= 0.6 is 15.9 Å². The fourth-order valence-electron chi connectivity index (χ4n) is 3.41. The molecule has 0 bridgehead atoms. The van der Waals surface area contributed by atoms with Crippen LogP contribution in [-0.4, -0.2) is 15.1 Å². The SMILES string of the molecule is CCC(C)=C(c1cccc(F)c1O)N1C=CC=C/C1=C(/C)c1c(F)ccc(Br)c1O. The summed E-state index contributed by atoms with van der Waals surface area (Å²) in [4.78, 5) is 1.78. The van der Waals surface area contributed by atoms with E-state index in [0.717, 1.165) is 5.57 Å². The van der Waals surface area contributed by atoms with Crippen LogP contribution in [-0.2, 0) is 0 Å². The van der Waals surface area contributed by atoms with Crippen LogP contribution in [0.15, 0.2) is 70.5 Å². The number of benzene rings is 2. The number of rotatable bonds is 4. The van der Waals surface area contributed by atoms with E-state index in [0.29, 0.717) is 33.4 Å². The zero-order valence-corrected chi connectivity index (χ0v) is 18.5. The first-order valence-electron chi connectivity index (χ1n) is 9.47. The van der Waals surface area contributed by atoms with E-state index in [1.165, 1.54) is 24.3 Å². The maximum atomic E-state index is 14.7. The molecule has 0 fully saturated rings. The second-order valence-electron chi connectivity index (χ2n) is 6.95. The third kappa shape index (κ3) is 3.92. The van der Waals surface area contributed by atoms with Crippen molar-refractivity contribution in [2.75, 3.05) is 0 Å². The number of hydrogen-bond donors (Lipinski definition) is 2. The number of phenolic OH excluding ortho intramolecular Hbond substituents is 2. The summed E-state index contributed by atoms with van der Waals surface area (Å²) < 4.78 is 29.2. The normalized spacial score (nSPS) is 16.0. The van der Waals surface area contributed by atoms with Crippen LogP contribution in [0.1, 0.15) is 38.3 Å². The second-order valence-corrected chi connectivity index (χ2v) is 7.81. The van der Waals surface area contributed by atoms with E-state index >= 15 is 0 Å². The highest BCUT2D eigenvalue weighted by atomic mass is 79.9. The molecule has 0 atom stereocenters. The number of allylic oxidation sites excluding steroid dienone is 5. The highest BCUT2D eigenvalue weighted by molar-refractivity contribution is 9.10. The second kappa shape index (κ2) is 8.88. The minimum atomic E-state index is -0.719. The standard InChI is InChI=1S/C24H22BrF2NO2/c1-4-14(2)22(16-8-7-9-19(27)23(16)29)28-13-6-5-10-20(28)15(3)21-18(26)12-11-17(25)24(21)30/h5-13,29-30H,4H2,1-3H3/b20-15+,22-14?. The summed E-state index contributed by atoms with van der Waals surface area (Å²) in [6.45, 7) is 5.57. The molecule has 0 saturated carbocycles. The minimum absolute atomic E-state index is 0.0706. The lowest BCUT2D eigenvalue weighted by Crippen LogP contribution is -2.19. The quantitative estimate of drug-likeness (QED) is 0.497. The van der Waals surface area contributed by atoms with Gasteiger partial charge in [-0.25, -0.2) is 8.78 Å². The number of aromatic hydroxyl groups is 2. The van der Waals surface area contributed by atoms with E-state index in [4.69, 9.17) is 0 Å². The average Bonchev–Trinajstić information content (AvgIpc) is 2.74. The molecule has 1 aliphatic rings. The van der Waals surface area contributed by atoms with Gasteiger partial charge >= 0.3 is 0 Å². The summed E-state index contributed by atoms with van der Waals surface area (Å²) in [5.41, 5.74) is 2.99. The summed E-state index contributed by atoms with van der Waals surface area (Å²) in [6, 6.07) is 7.09. The molecule has 0 unspecified atom stereocenters. The Morgan fingerprint density at radius 2 is 1.73 bits per heavy atom. The first-order chi connectivity index (χ1) is 14.3. The van der Waals surface area contributed by atoms with Crippen molar-refractivity contribution in [3.8, 4) is 11.5 Å². The molecule has 1 heterocycles. The summed E-state index contributed by atoms with van der Waals surface area (Å²) in [6.07, 6.45) is 7.81. The van der Waals surface area contributed by atoms with Gasteiger partial charge in [0.1, 0.15) is 11.6 Å². The lowest BCUT2D eigenvalue weighted by molar-refractivity contribution is 0.429. The maximum absolute atomic E-state index is 14.7. The molecular weight excluding hydrogens is 452 g/mol. The first kappa shape index (κ1) is 21.8. The molecule has 30 heavy (non-hydrogen) atoms. The van der Waals surface area contributed by atoms with Crippen LogP contribution in [0, 0.1) is 11.6 Å². The molecule has 3 nitrogen and oxygen atoms in total. The minimum Gasteiger partial charge on any atom is -0.506 e.